The Bertz CT molecular complexity index is 2810. The minimum absolute atomic E-state index is 0.00195. The number of methoxy groups -OCH3 is 2. The largest absolute Gasteiger partial charge is 0.497 e. The number of hydrogen-bond donors (Lipinski definition) is 3. The molecule has 0 saturated heterocycles. The summed E-state index contributed by atoms with van der Waals surface area (Å²) in [6.07, 6.45) is 6.31. The van der Waals surface area contributed by atoms with Crippen LogP contribution >= 0.6 is 0 Å². The minimum atomic E-state index is -1.67. The van der Waals surface area contributed by atoms with E-state index in [0.29, 0.717) is 60.8 Å². The highest BCUT2D eigenvalue weighted by Crippen LogP contribution is 2.62. The van der Waals surface area contributed by atoms with E-state index in [4.69, 9.17) is 33.3 Å². The lowest BCUT2D eigenvalue weighted by molar-refractivity contribution is -0.384. The van der Waals surface area contributed by atoms with Crippen molar-refractivity contribution in [3.05, 3.63) is 149 Å². The zero-order chi connectivity index (χ0) is 50.8. The molecule has 0 bridgehead atoms. The number of nitro groups is 1. The molecule has 17 heteroatoms. The van der Waals surface area contributed by atoms with Gasteiger partial charge in [0.05, 0.1) is 49.6 Å². The quantitative estimate of drug-likeness (QED) is 0.0271. The Morgan fingerprint density at radius 3 is 2.35 bits per heavy atom. The molecular formula is C55H60N4O13. The zero-order valence-electron chi connectivity index (χ0n) is 40.6. The maximum Gasteiger partial charge on any atom is 0.417 e. The molecule has 8 rings (SSSR count). The molecule has 0 radical (unpaired) electrons. The highest BCUT2D eigenvalue weighted by molar-refractivity contribution is 6.03. The summed E-state index contributed by atoms with van der Waals surface area (Å²) in [5.74, 6) is -1.36. The van der Waals surface area contributed by atoms with Crippen LogP contribution in [0.4, 0.5) is 21.0 Å². The molecule has 5 aromatic carbocycles. The number of oxime groups is 1. The number of carbonyl (C=O) groups is 2. The van der Waals surface area contributed by atoms with E-state index in [2.05, 4.69) is 23.1 Å². The third kappa shape index (κ3) is 10.7. The van der Waals surface area contributed by atoms with Gasteiger partial charge in [0, 0.05) is 49.3 Å². The number of unbranched alkanes of at least 4 members (excludes halogenated alkanes) is 2. The summed E-state index contributed by atoms with van der Waals surface area (Å²) in [4.78, 5) is 47.2. The second-order valence-electron chi connectivity index (χ2n) is 17.9. The molecule has 1 aliphatic heterocycles. The monoisotopic (exact) mass is 984 g/mol. The number of nitro benzene ring substituents is 1. The van der Waals surface area contributed by atoms with E-state index in [9.17, 15) is 25.1 Å². The number of allylic oxidation sites excluding steroid dienone is 1. The van der Waals surface area contributed by atoms with Gasteiger partial charge in [-0.3, -0.25) is 20.3 Å². The number of amides is 2. The van der Waals surface area contributed by atoms with Crippen LogP contribution in [0.15, 0.2) is 133 Å². The van der Waals surface area contributed by atoms with Crippen LogP contribution in [0.25, 0.3) is 10.8 Å². The summed E-state index contributed by atoms with van der Waals surface area (Å²) in [7, 11) is 4.48. The van der Waals surface area contributed by atoms with E-state index in [1.807, 2.05) is 48.5 Å². The van der Waals surface area contributed by atoms with Crippen molar-refractivity contribution >= 4 is 40.0 Å². The van der Waals surface area contributed by atoms with Crippen LogP contribution in [0.1, 0.15) is 62.0 Å². The van der Waals surface area contributed by atoms with Gasteiger partial charge in [-0.15, -0.1) is 6.58 Å². The van der Waals surface area contributed by atoms with Gasteiger partial charge in [-0.2, -0.15) is 0 Å². The van der Waals surface area contributed by atoms with Crippen molar-refractivity contribution in [2.45, 2.75) is 69.2 Å². The maximum atomic E-state index is 15.2. The fourth-order valence-electron chi connectivity index (χ4n) is 10.7. The Kier molecular flexibility index (Phi) is 16.4. The van der Waals surface area contributed by atoms with Gasteiger partial charge in [0.1, 0.15) is 41.9 Å². The molecule has 6 unspecified atom stereocenters. The summed E-state index contributed by atoms with van der Waals surface area (Å²) in [5.41, 5.74) is 3.07. The topological polar surface area (TPSA) is 210 Å². The van der Waals surface area contributed by atoms with Crippen LogP contribution in [-0.4, -0.2) is 90.9 Å². The Morgan fingerprint density at radius 2 is 1.62 bits per heavy atom. The average Bonchev–Trinajstić information content (AvgIpc) is 3.39. The number of nitrogens with one attached hydrogen (secondary N) is 1. The molecule has 5 aromatic rings. The molecule has 2 amide bonds. The summed E-state index contributed by atoms with van der Waals surface area (Å²) >= 11 is 0. The van der Waals surface area contributed by atoms with Gasteiger partial charge in [0.2, 0.25) is 5.79 Å². The Hall–Kier alpha value is -7.47. The molecule has 0 spiro atoms. The smallest absolute Gasteiger partial charge is 0.417 e. The number of rotatable bonds is 21. The highest BCUT2D eigenvalue weighted by atomic mass is 16.7. The van der Waals surface area contributed by atoms with Crippen molar-refractivity contribution in [3.8, 4) is 28.7 Å². The van der Waals surface area contributed by atoms with Gasteiger partial charge in [-0.05, 0) is 102 Å². The predicted molar refractivity (Wildman–Crippen MR) is 270 cm³/mol. The Labute approximate surface area is 417 Å². The number of benzene rings is 5. The Balaban J connectivity index is 1.30. The summed E-state index contributed by atoms with van der Waals surface area (Å²) in [6.45, 7) is 4.07. The van der Waals surface area contributed by atoms with Crippen molar-refractivity contribution in [3.63, 3.8) is 0 Å². The first kappa shape index (κ1) is 50.9. The van der Waals surface area contributed by atoms with Crippen molar-refractivity contribution in [2.24, 2.45) is 22.9 Å². The van der Waals surface area contributed by atoms with Crippen LogP contribution < -0.4 is 29.0 Å². The summed E-state index contributed by atoms with van der Waals surface area (Å²) in [5, 5.41) is 40.9. The number of hydrogen-bond acceptors (Lipinski definition) is 14. The number of ether oxygens (including phenoxy) is 6. The molecule has 0 aromatic heterocycles. The molecule has 1 heterocycles. The fraction of sp³-hybridized carbons (Fsp3) is 0.364. The number of non-ortho nitro benzene ring substituents is 1. The normalized spacial score (nSPS) is 21.3. The van der Waals surface area contributed by atoms with E-state index < -0.39 is 40.8 Å². The number of anilines is 1. The van der Waals surface area contributed by atoms with E-state index in [0.717, 1.165) is 33.9 Å². The lowest BCUT2D eigenvalue weighted by atomic mass is 9.55. The number of carbonyl (C=O) groups excluding carboxylic acids is 2. The first-order chi connectivity index (χ1) is 35.1. The lowest BCUT2D eigenvalue weighted by Gasteiger charge is -2.59. The first-order valence-electron chi connectivity index (χ1n) is 24.1. The van der Waals surface area contributed by atoms with E-state index in [1.54, 1.807) is 41.3 Å². The van der Waals surface area contributed by atoms with Crippen LogP contribution in [-0.2, 0) is 16.1 Å². The molecule has 3 N–H and O–H groups in total. The fourth-order valence-corrected chi connectivity index (χ4v) is 10.7. The van der Waals surface area contributed by atoms with E-state index in [1.165, 1.54) is 45.6 Å². The molecule has 6 atom stereocenters. The highest BCUT2D eigenvalue weighted by Gasteiger charge is 2.66. The van der Waals surface area contributed by atoms with E-state index >= 15 is 4.79 Å². The molecule has 17 nitrogen and oxygen atoms in total. The predicted octanol–water partition coefficient (Wildman–Crippen LogP) is 10.3. The van der Waals surface area contributed by atoms with Crippen LogP contribution in [0, 0.1) is 27.9 Å². The van der Waals surface area contributed by atoms with Crippen LogP contribution in [0.2, 0.25) is 0 Å². The lowest BCUT2D eigenvalue weighted by Crippen LogP contribution is -2.70. The minimum Gasteiger partial charge on any atom is -0.497 e. The van der Waals surface area contributed by atoms with Gasteiger partial charge in [0.25, 0.3) is 5.69 Å². The number of aliphatic hydroxyl groups excluding tert-OH is 2. The molecule has 2 aliphatic carbocycles. The van der Waals surface area contributed by atoms with Crippen LogP contribution in [0.5, 0.6) is 28.7 Å². The first-order valence-corrected chi connectivity index (χ1v) is 24.1. The van der Waals surface area contributed by atoms with Crippen molar-refractivity contribution < 1.29 is 58.0 Å². The van der Waals surface area contributed by atoms with Gasteiger partial charge >= 0.3 is 12.2 Å². The van der Waals surface area contributed by atoms with Gasteiger partial charge in [-0.25, -0.2) is 9.59 Å². The van der Waals surface area contributed by atoms with Crippen molar-refractivity contribution in [1.82, 2.24) is 4.90 Å². The molecular weight excluding hydrogens is 925 g/mol. The summed E-state index contributed by atoms with van der Waals surface area (Å²) in [6, 6.07) is 28.2. The second kappa shape index (κ2) is 23.2. The number of aliphatic hydroxyl groups is 2. The second-order valence-corrected chi connectivity index (χ2v) is 17.9. The SMILES string of the molecule is C=CCOC12Oc3ccc(OC(=O)Nc4ccc(OC)cc4OC)cc3C3C(CCCCO)C(CCCCO)C=C(C(=NOC)CC1N(Cc1cccc4ccccc14)C(=O)Oc1ccc([N+](=O)[O-])cc1)C32. The van der Waals surface area contributed by atoms with Gasteiger partial charge < -0.3 is 43.5 Å². The third-order valence-electron chi connectivity index (χ3n) is 13.8. The molecule has 1 saturated carbocycles. The zero-order valence-corrected chi connectivity index (χ0v) is 40.6. The van der Waals surface area contributed by atoms with Crippen molar-refractivity contribution in [1.29, 1.82) is 0 Å². The molecule has 378 valence electrons. The number of nitrogens with zero attached hydrogens (tertiary/aromatic N) is 3. The third-order valence-corrected chi connectivity index (χ3v) is 13.8. The molecule has 3 aliphatic rings. The molecule has 1 fully saturated rings. The standard InChI is InChI=1S/C55H60N4O13/c1-5-29-69-55-50(58(34-37-16-12-15-35-13-6-7-17-42(35)37)54(63)71-39-21-19-38(20-22-39)59(64)65)33-47(57-68-4)44-30-36(14-8-10-27-60)43(18-9-11-28-61)51(52(44)55)45-31-41(24-26-48(45)72-55)70-53(62)56-46-25-23-40(66-2)32-49(46)67-3/h5-7,12-13,15-17,19-26,30-32,36,43,50-52,60-61H,1,8-11,14,18,27-29,33-34H2,2-4H3,(H,56,62). The average molecular weight is 985 g/mol. The van der Waals surface area contributed by atoms with Gasteiger partial charge in [-0.1, -0.05) is 72.6 Å². The Morgan fingerprint density at radius 1 is 0.889 bits per heavy atom. The molecule has 72 heavy (non-hydrogen) atoms. The van der Waals surface area contributed by atoms with E-state index in [-0.39, 0.29) is 61.8 Å². The van der Waals surface area contributed by atoms with Crippen molar-refractivity contribution in [2.75, 3.05) is 46.5 Å². The van der Waals surface area contributed by atoms with Gasteiger partial charge in [0.15, 0.2) is 0 Å². The maximum absolute atomic E-state index is 15.2. The van der Waals surface area contributed by atoms with Crippen LogP contribution in [0.3, 0.4) is 0 Å². The number of fused-ring (bicyclic) bond motifs is 3. The summed E-state index contributed by atoms with van der Waals surface area (Å²) < 4.78 is 37.5.